The van der Waals surface area contributed by atoms with E-state index in [1.54, 1.807) is 12.1 Å². The van der Waals surface area contributed by atoms with Gasteiger partial charge in [0, 0.05) is 92.6 Å². The molecule has 0 saturated carbocycles. The maximum Gasteiger partial charge on any atom is 0.253 e. The van der Waals surface area contributed by atoms with Crippen molar-refractivity contribution in [1.29, 1.82) is 0 Å². The third-order valence-corrected chi connectivity index (χ3v) is 15.7. The third kappa shape index (κ3) is 36.6. The number of quaternary nitrogens is 2. The van der Waals surface area contributed by atoms with Gasteiger partial charge in [0.15, 0.2) is 0 Å². The van der Waals surface area contributed by atoms with Crippen molar-refractivity contribution < 1.29 is 35.4 Å². The van der Waals surface area contributed by atoms with Crippen LogP contribution in [-0.2, 0) is 14.4 Å². The van der Waals surface area contributed by atoms with Gasteiger partial charge >= 0.3 is 0 Å². The van der Waals surface area contributed by atoms with E-state index in [9.17, 15) is 24.0 Å². The molecule has 452 valence electrons. The third-order valence-electron chi connectivity index (χ3n) is 15.7. The highest BCUT2D eigenvalue weighted by Gasteiger charge is 2.34. The topological polar surface area (TPSA) is 192 Å². The molecular formula is C68H117N7O5+2. The van der Waals surface area contributed by atoms with Gasteiger partial charge in [0.1, 0.15) is 0 Å². The fourth-order valence-electron chi connectivity index (χ4n) is 10.4. The Hall–Kier alpha value is -4.73. The molecule has 10 N–H and O–H groups in total. The average Bonchev–Trinajstić information content (AvgIpc) is 3.47. The Morgan fingerprint density at radius 3 is 0.988 bits per heavy atom. The molecule has 0 aliphatic rings. The van der Waals surface area contributed by atoms with Crippen LogP contribution in [0.25, 0.3) is 0 Å². The number of nitrogens with zero attached hydrogens (tertiary/aromatic N) is 1. The van der Waals surface area contributed by atoms with Crippen molar-refractivity contribution in [3.63, 3.8) is 0 Å². The Kier molecular flexibility index (Phi) is 43.7. The molecule has 12 nitrogen and oxygen atoms in total. The van der Waals surface area contributed by atoms with Gasteiger partial charge in [0.25, 0.3) is 11.8 Å². The van der Waals surface area contributed by atoms with E-state index in [1.807, 2.05) is 41.3 Å². The van der Waals surface area contributed by atoms with Crippen LogP contribution in [0.15, 0.2) is 48.5 Å². The second-order valence-electron chi connectivity index (χ2n) is 22.9. The minimum absolute atomic E-state index is 0.00199. The summed E-state index contributed by atoms with van der Waals surface area (Å²) in [6.45, 7) is 11.4. The summed E-state index contributed by atoms with van der Waals surface area (Å²) in [7, 11) is 0. The monoisotopic (exact) mass is 1110 g/mol. The molecule has 0 bridgehead atoms. The predicted octanol–water partition coefficient (Wildman–Crippen LogP) is 12.7. The molecule has 0 saturated heterocycles. The number of rotatable bonds is 51. The van der Waals surface area contributed by atoms with E-state index < -0.39 is 5.54 Å². The van der Waals surface area contributed by atoms with Gasteiger partial charge in [-0.2, -0.15) is 0 Å². The molecule has 80 heavy (non-hydrogen) atoms. The van der Waals surface area contributed by atoms with Crippen molar-refractivity contribution in [3.8, 4) is 11.8 Å². The zero-order chi connectivity index (χ0) is 58.0. The number of benzene rings is 2. The minimum Gasteiger partial charge on any atom is -0.358 e. The summed E-state index contributed by atoms with van der Waals surface area (Å²) in [5.74, 6) is 5.81. The lowest BCUT2D eigenvalue weighted by Gasteiger charge is -2.35. The first kappa shape index (κ1) is 71.4. The number of hydrogen-bond donors (Lipinski definition) is 6. The second-order valence-corrected chi connectivity index (χ2v) is 22.9. The first-order valence-corrected chi connectivity index (χ1v) is 32.8. The molecule has 0 heterocycles. The summed E-state index contributed by atoms with van der Waals surface area (Å²) >= 11 is 0. The predicted molar refractivity (Wildman–Crippen MR) is 332 cm³/mol. The van der Waals surface area contributed by atoms with E-state index in [1.165, 1.54) is 154 Å². The second kappa shape index (κ2) is 48.9. The Morgan fingerprint density at radius 2 is 0.688 bits per heavy atom. The maximum absolute atomic E-state index is 14.4. The van der Waals surface area contributed by atoms with Gasteiger partial charge in [0.05, 0.1) is 13.1 Å². The number of amides is 5. The zero-order valence-corrected chi connectivity index (χ0v) is 51.3. The highest BCUT2D eigenvalue weighted by Crippen LogP contribution is 2.27. The van der Waals surface area contributed by atoms with Gasteiger partial charge in [-0.15, -0.1) is 0 Å². The number of carbonyl (C=O) groups excluding carboxylic acids is 5. The SMILES string of the molecule is CCCCCCCCCCCCNC(=O)CCC(CCC(=O)NCCCCCCCCCCCC)(CCC(=O)NCCCCCCCCCCCC)NC(=O)c1ccc(C#Cc2ccc(C(=O)N(CCC[NH3+])CCC[NH3+])cc2)cc1. The number of carbonyl (C=O) groups is 5. The normalized spacial score (nSPS) is 11.2. The lowest BCUT2D eigenvalue weighted by Crippen LogP contribution is -2.52. The smallest absolute Gasteiger partial charge is 0.253 e. The summed E-state index contributed by atoms with van der Waals surface area (Å²) in [5, 5.41) is 12.7. The molecule has 0 aliphatic heterocycles. The molecular weight excluding hydrogens is 995 g/mol. The van der Waals surface area contributed by atoms with Crippen molar-refractivity contribution in [2.24, 2.45) is 0 Å². The van der Waals surface area contributed by atoms with Crippen LogP contribution in [0, 0.1) is 11.8 Å². The number of hydrogen-bond acceptors (Lipinski definition) is 5. The van der Waals surface area contributed by atoms with Crippen LogP contribution >= 0.6 is 0 Å². The Labute approximate surface area is 487 Å². The number of nitrogens with one attached hydrogen (secondary N) is 4. The lowest BCUT2D eigenvalue weighted by molar-refractivity contribution is -0.369. The molecule has 0 atom stereocenters. The molecule has 12 heteroatoms. The van der Waals surface area contributed by atoms with Crippen molar-refractivity contribution >= 4 is 29.5 Å². The van der Waals surface area contributed by atoms with Crippen LogP contribution in [0.2, 0.25) is 0 Å². The summed E-state index contributed by atoms with van der Waals surface area (Å²) in [6, 6.07) is 14.5. The molecule has 5 amide bonds. The maximum atomic E-state index is 14.4. The van der Waals surface area contributed by atoms with Gasteiger partial charge in [-0.3, -0.25) is 24.0 Å². The first-order chi connectivity index (χ1) is 39.1. The van der Waals surface area contributed by atoms with E-state index >= 15 is 0 Å². The molecule has 0 unspecified atom stereocenters. The van der Waals surface area contributed by atoms with Crippen molar-refractivity contribution in [2.45, 2.75) is 270 Å². The van der Waals surface area contributed by atoms with Gasteiger partial charge < -0.3 is 37.6 Å². The Morgan fingerprint density at radius 1 is 0.400 bits per heavy atom. The molecule has 2 aromatic carbocycles. The average molecular weight is 1110 g/mol. The van der Waals surface area contributed by atoms with Crippen LogP contribution in [-0.4, -0.2) is 85.8 Å². The molecule has 0 aliphatic carbocycles. The Balaban J connectivity index is 2.23. The molecule has 0 spiro atoms. The summed E-state index contributed by atoms with van der Waals surface area (Å²) < 4.78 is 0. The van der Waals surface area contributed by atoms with Crippen molar-refractivity contribution in [1.82, 2.24) is 26.2 Å². The van der Waals surface area contributed by atoms with Gasteiger partial charge in [-0.1, -0.05) is 206 Å². The van der Waals surface area contributed by atoms with E-state index in [0.29, 0.717) is 63.1 Å². The summed E-state index contributed by atoms with van der Waals surface area (Å²) in [6.07, 6.45) is 39.6. The minimum atomic E-state index is -1.00. The highest BCUT2D eigenvalue weighted by atomic mass is 16.2. The first-order valence-electron chi connectivity index (χ1n) is 32.8. The van der Waals surface area contributed by atoms with Gasteiger partial charge in [0.2, 0.25) is 17.7 Å². The highest BCUT2D eigenvalue weighted by molar-refractivity contribution is 5.95. The standard InChI is InChI=1S/C68H115N7O5/c1-4-7-10-13-16-19-22-25-28-31-54-71-63(76)46-49-68(50-47-64(77)72-55-32-29-26-23-20-17-14-11-8-5-2,51-48-65(78)73-56-33-30-27-24-21-18-15-12-9-6-3)74-66(79)61-42-38-59(39-43-61)36-37-60-40-44-62(45-41-60)67(80)75(57-34-52-69)58-35-53-70/h38-45H,4-35,46-58,69-70H2,1-3H3,(H,71,76)(H,72,77)(H,73,78)(H,74,79)/p+2. The van der Waals surface area contributed by atoms with Crippen LogP contribution < -0.4 is 32.7 Å². The van der Waals surface area contributed by atoms with Crippen LogP contribution in [0.4, 0.5) is 0 Å². The van der Waals surface area contributed by atoms with Crippen molar-refractivity contribution in [2.75, 3.05) is 45.8 Å². The largest absolute Gasteiger partial charge is 0.358 e. The zero-order valence-electron chi connectivity index (χ0n) is 51.3. The molecule has 2 aromatic rings. The number of unbranched alkanes of at least 4 members (excludes halogenated alkanes) is 27. The Bertz CT molecular complexity index is 1850. The van der Waals surface area contributed by atoms with E-state index in [2.05, 4.69) is 65.3 Å². The van der Waals surface area contributed by atoms with E-state index in [4.69, 9.17) is 0 Å². The molecule has 0 fully saturated rings. The van der Waals surface area contributed by atoms with Crippen LogP contribution in [0.5, 0.6) is 0 Å². The van der Waals surface area contributed by atoms with Crippen LogP contribution in [0.3, 0.4) is 0 Å². The molecule has 0 radical (unpaired) electrons. The van der Waals surface area contributed by atoms with E-state index in [-0.39, 0.29) is 48.8 Å². The lowest BCUT2D eigenvalue weighted by atomic mass is 9.82. The van der Waals surface area contributed by atoms with E-state index in [0.717, 1.165) is 75.6 Å². The summed E-state index contributed by atoms with van der Waals surface area (Å²) in [5.41, 5.74) is 9.40. The summed E-state index contributed by atoms with van der Waals surface area (Å²) in [4.78, 5) is 70.3. The fourth-order valence-corrected chi connectivity index (χ4v) is 10.4. The molecule has 2 rings (SSSR count). The van der Waals surface area contributed by atoms with Gasteiger partial charge in [-0.25, -0.2) is 0 Å². The van der Waals surface area contributed by atoms with Gasteiger partial charge in [-0.05, 0) is 87.1 Å². The fraction of sp³-hybridized carbons (Fsp3) is 0.721. The van der Waals surface area contributed by atoms with Crippen LogP contribution in [0.1, 0.15) is 297 Å². The quantitative estimate of drug-likeness (QED) is 0.0283. The van der Waals surface area contributed by atoms with Crippen molar-refractivity contribution in [3.05, 3.63) is 70.8 Å². The molecule has 0 aromatic heterocycles.